The largest absolute Gasteiger partial charge is 0.378 e. The van der Waals surface area contributed by atoms with Gasteiger partial charge in [-0.2, -0.15) is 0 Å². The molecule has 3 rings (SSSR count). The number of nitrogens with one attached hydrogen (secondary N) is 1. The van der Waals surface area contributed by atoms with Gasteiger partial charge in [0.25, 0.3) is 5.91 Å². The van der Waals surface area contributed by atoms with Gasteiger partial charge < -0.3 is 19.5 Å². The molecule has 1 aliphatic heterocycles. The van der Waals surface area contributed by atoms with E-state index in [1.165, 1.54) is 0 Å². The summed E-state index contributed by atoms with van der Waals surface area (Å²) in [5.41, 5.74) is 1.96. The zero-order valence-electron chi connectivity index (χ0n) is 14.6. The summed E-state index contributed by atoms with van der Waals surface area (Å²) in [6.07, 6.45) is 0.194. The number of benzene rings is 1. The molecule has 1 aromatic heterocycles. The van der Waals surface area contributed by atoms with Gasteiger partial charge >= 0.3 is 4.87 Å². The summed E-state index contributed by atoms with van der Waals surface area (Å²) in [6, 6.07) is 6.91. The van der Waals surface area contributed by atoms with Gasteiger partial charge in [-0.15, -0.1) is 0 Å². The fraction of sp³-hybridized carbons (Fsp3) is 0.389. The van der Waals surface area contributed by atoms with Crippen molar-refractivity contribution < 1.29 is 14.3 Å². The van der Waals surface area contributed by atoms with Gasteiger partial charge in [0.15, 0.2) is 0 Å². The Morgan fingerprint density at radius 3 is 2.73 bits per heavy atom. The third-order valence-corrected chi connectivity index (χ3v) is 5.11. The van der Waals surface area contributed by atoms with E-state index in [0.717, 1.165) is 17.0 Å². The maximum Gasteiger partial charge on any atom is 0.307 e. The Morgan fingerprint density at radius 1 is 1.27 bits per heavy atom. The molecule has 0 spiro atoms. The van der Waals surface area contributed by atoms with E-state index >= 15 is 0 Å². The van der Waals surface area contributed by atoms with Crippen LogP contribution in [0.3, 0.4) is 0 Å². The smallest absolute Gasteiger partial charge is 0.307 e. The third-order valence-electron chi connectivity index (χ3n) is 4.23. The molecule has 26 heavy (non-hydrogen) atoms. The third kappa shape index (κ3) is 4.39. The van der Waals surface area contributed by atoms with Crippen LogP contribution in [-0.4, -0.2) is 47.6 Å². The van der Waals surface area contributed by atoms with Crippen LogP contribution in [0.2, 0.25) is 0 Å². The minimum Gasteiger partial charge on any atom is -0.378 e. The van der Waals surface area contributed by atoms with Crippen molar-refractivity contribution in [2.24, 2.45) is 0 Å². The highest BCUT2D eigenvalue weighted by atomic mass is 32.1. The average Bonchev–Trinajstić information content (AvgIpc) is 2.98. The van der Waals surface area contributed by atoms with Gasteiger partial charge in [-0.05, 0) is 25.1 Å². The normalized spacial score (nSPS) is 14.3. The molecule has 0 unspecified atom stereocenters. The number of hydrogen-bond donors (Lipinski definition) is 1. The molecule has 0 aliphatic carbocycles. The predicted molar refractivity (Wildman–Crippen MR) is 99.7 cm³/mol. The van der Waals surface area contributed by atoms with E-state index in [0.29, 0.717) is 44.1 Å². The molecule has 0 bridgehead atoms. The fourth-order valence-electron chi connectivity index (χ4n) is 2.79. The molecule has 8 heteroatoms. The summed E-state index contributed by atoms with van der Waals surface area (Å²) in [6.45, 7) is 4.42. The molecule has 7 nitrogen and oxygen atoms in total. The summed E-state index contributed by atoms with van der Waals surface area (Å²) in [4.78, 5) is 38.1. The Balaban J connectivity index is 1.60. The van der Waals surface area contributed by atoms with Crippen molar-refractivity contribution in [3.8, 4) is 0 Å². The van der Waals surface area contributed by atoms with Gasteiger partial charge in [0.1, 0.15) is 0 Å². The van der Waals surface area contributed by atoms with Crippen molar-refractivity contribution >= 4 is 28.8 Å². The molecule has 0 atom stereocenters. The Bertz CT molecular complexity index is 852. The quantitative estimate of drug-likeness (QED) is 0.863. The van der Waals surface area contributed by atoms with Crippen molar-refractivity contribution in [2.75, 3.05) is 31.6 Å². The first-order valence-electron chi connectivity index (χ1n) is 8.46. The second-order valence-electron chi connectivity index (χ2n) is 6.08. The number of amides is 2. The topological polar surface area (TPSA) is 80.6 Å². The molecule has 138 valence electrons. The van der Waals surface area contributed by atoms with E-state index < -0.39 is 0 Å². The van der Waals surface area contributed by atoms with E-state index in [1.807, 2.05) is 6.92 Å². The second kappa shape index (κ2) is 8.29. The molecule has 2 heterocycles. The monoisotopic (exact) mass is 375 g/mol. The number of carbonyl (C=O) groups excluding carboxylic acids is 2. The van der Waals surface area contributed by atoms with Gasteiger partial charge in [0, 0.05) is 48.4 Å². The van der Waals surface area contributed by atoms with E-state index in [-0.39, 0.29) is 23.1 Å². The first kappa shape index (κ1) is 18.3. The number of rotatable bonds is 5. The average molecular weight is 375 g/mol. The fourth-order valence-corrected chi connectivity index (χ4v) is 3.55. The number of carbonyl (C=O) groups is 2. The lowest BCUT2D eigenvalue weighted by atomic mass is 10.1. The summed E-state index contributed by atoms with van der Waals surface area (Å²) < 4.78 is 6.85. The predicted octanol–water partition coefficient (Wildman–Crippen LogP) is 1.72. The van der Waals surface area contributed by atoms with Crippen LogP contribution in [0.25, 0.3) is 0 Å². The van der Waals surface area contributed by atoms with Crippen molar-refractivity contribution in [1.29, 1.82) is 0 Å². The van der Waals surface area contributed by atoms with Gasteiger partial charge in [0.05, 0.1) is 13.2 Å². The van der Waals surface area contributed by atoms with E-state index in [4.69, 9.17) is 4.74 Å². The molecule has 1 aromatic carbocycles. The zero-order chi connectivity index (χ0) is 18.5. The molecular formula is C18H21N3O4S. The number of aryl methyl sites for hydroxylation is 1. The van der Waals surface area contributed by atoms with Crippen molar-refractivity contribution in [1.82, 2.24) is 9.47 Å². The number of hydrogen-bond acceptors (Lipinski definition) is 5. The summed E-state index contributed by atoms with van der Waals surface area (Å²) in [7, 11) is 0. The van der Waals surface area contributed by atoms with Crippen LogP contribution >= 0.6 is 11.3 Å². The van der Waals surface area contributed by atoms with Gasteiger partial charge in [0.2, 0.25) is 5.91 Å². The standard InChI is InChI=1S/C18H21N3O4S/c1-13-12-26-18(24)21(13)6-5-16(22)19-15-4-2-3-14(11-15)17(23)20-7-9-25-10-8-20/h2-4,11-12H,5-10H2,1H3,(H,19,22). The van der Waals surface area contributed by atoms with Gasteiger partial charge in [-0.1, -0.05) is 17.4 Å². The highest BCUT2D eigenvalue weighted by Crippen LogP contribution is 2.14. The van der Waals surface area contributed by atoms with Crippen LogP contribution < -0.4 is 10.2 Å². The van der Waals surface area contributed by atoms with Crippen LogP contribution in [0.4, 0.5) is 5.69 Å². The first-order chi connectivity index (χ1) is 12.5. The maximum atomic E-state index is 12.5. The van der Waals surface area contributed by atoms with Crippen LogP contribution in [0.1, 0.15) is 22.5 Å². The summed E-state index contributed by atoms with van der Waals surface area (Å²) in [5.74, 6) is -0.261. The lowest BCUT2D eigenvalue weighted by Crippen LogP contribution is -2.40. The number of anilines is 1. The number of morpholine rings is 1. The van der Waals surface area contributed by atoms with E-state index in [1.54, 1.807) is 39.1 Å². The lowest BCUT2D eigenvalue weighted by molar-refractivity contribution is -0.116. The van der Waals surface area contributed by atoms with Crippen LogP contribution in [0.5, 0.6) is 0 Å². The summed E-state index contributed by atoms with van der Waals surface area (Å²) in [5, 5.41) is 4.57. The van der Waals surface area contributed by atoms with Gasteiger partial charge in [-0.25, -0.2) is 0 Å². The van der Waals surface area contributed by atoms with Gasteiger partial charge in [-0.3, -0.25) is 14.4 Å². The summed E-state index contributed by atoms with van der Waals surface area (Å²) >= 11 is 1.13. The van der Waals surface area contributed by atoms with E-state index in [2.05, 4.69) is 5.32 Å². The number of ether oxygens (including phenoxy) is 1. The van der Waals surface area contributed by atoms with E-state index in [9.17, 15) is 14.4 Å². The highest BCUT2D eigenvalue weighted by Gasteiger charge is 2.18. The Hall–Kier alpha value is -2.45. The zero-order valence-corrected chi connectivity index (χ0v) is 15.4. The second-order valence-corrected chi connectivity index (χ2v) is 6.90. The van der Waals surface area contributed by atoms with Crippen molar-refractivity contribution in [2.45, 2.75) is 19.9 Å². The van der Waals surface area contributed by atoms with Crippen molar-refractivity contribution in [3.05, 3.63) is 50.6 Å². The first-order valence-corrected chi connectivity index (χ1v) is 9.34. The molecule has 1 N–H and O–H groups in total. The minimum atomic E-state index is -0.196. The molecule has 0 saturated carbocycles. The molecule has 0 radical (unpaired) electrons. The van der Waals surface area contributed by atoms with Crippen LogP contribution in [-0.2, 0) is 16.1 Å². The molecule has 1 aliphatic rings. The van der Waals surface area contributed by atoms with Crippen LogP contribution in [0, 0.1) is 6.92 Å². The molecular weight excluding hydrogens is 354 g/mol. The van der Waals surface area contributed by atoms with Crippen LogP contribution in [0.15, 0.2) is 34.4 Å². The number of thiazole rings is 1. The number of nitrogens with zero attached hydrogens (tertiary/aromatic N) is 2. The molecule has 1 saturated heterocycles. The Morgan fingerprint density at radius 2 is 2.04 bits per heavy atom. The minimum absolute atomic E-state index is 0.0617. The Kier molecular flexibility index (Phi) is 5.85. The molecule has 2 amide bonds. The molecule has 2 aromatic rings. The lowest BCUT2D eigenvalue weighted by Gasteiger charge is -2.27. The highest BCUT2D eigenvalue weighted by molar-refractivity contribution is 7.07. The SMILES string of the molecule is Cc1csc(=O)n1CCC(=O)Nc1cccc(C(=O)N2CCOCC2)c1. The Labute approximate surface area is 155 Å². The number of aromatic nitrogens is 1. The maximum absolute atomic E-state index is 12.5. The van der Waals surface area contributed by atoms with Crippen molar-refractivity contribution in [3.63, 3.8) is 0 Å². The molecule has 1 fully saturated rings.